The number of phenols is 1. The van der Waals surface area contributed by atoms with Crippen LogP contribution in [0.4, 0.5) is 5.95 Å². The number of aromatic hydroxyl groups is 1. The molecule has 1 aromatic carbocycles. The predicted octanol–water partition coefficient (Wildman–Crippen LogP) is -0.880. The average molecular weight is 291 g/mol. The number of carbonyl (C=O) groups excluding carboxylic acids is 1. The zero-order valence-electron chi connectivity index (χ0n) is 11.1. The zero-order valence-corrected chi connectivity index (χ0v) is 11.1. The van der Waals surface area contributed by atoms with Crippen molar-refractivity contribution in [1.82, 2.24) is 25.6 Å². The Morgan fingerprint density at radius 3 is 3.10 bits per heavy atom. The smallest absolute Gasteiger partial charge is 0.263 e. The summed E-state index contributed by atoms with van der Waals surface area (Å²) in [6, 6.07) is 4.65. The molecule has 0 spiro atoms. The van der Waals surface area contributed by atoms with Gasteiger partial charge in [0.25, 0.3) is 11.9 Å². The van der Waals surface area contributed by atoms with Crippen molar-refractivity contribution < 1.29 is 14.6 Å². The molecule has 0 aliphatic rings. The number of hydrogen-bond donors (Lipinski definition) is 3. The maximum atomic E-state index is 11.5. The summed E-state index contributed by atoms with van der Waals surface area (Å²) in [5.41, 5.74) is 8.22. The van der Waals surface area contributed by atoms with Crippen LogP contribution in [0, 0.1) is 0 Å². The molecule has 0 fully saturated rings. The van der Waals surface area contributed by atoms with Crippen molar-refractivity contribution in [1.29, 1.82) is 0 Å². The molecule has 2 rings (SSSR count). The second kappa shape index (κ2) is 6.32. The summed E-state index contributed by atoms with van der Waals surface area (Å²) in [4.78, 5) is 12.6. The molecule has 0 saturated heterocycles. The number of methoxy groups -OCH3 is 1. The Labute approximate surface area is 119 Å². The van der Waals surface area contributed by atoms with Gasteiger partial charge in [-0.15, -0.1) is 5.10 Å². The number of aromatic nitrogens is 4. The van der Waals surface area contributed by atoms with Crippen molar-refractivity contribution in [2.45, 2.75) is 6.54 Å². The van der Waals surface area contributed by atoms with Gasteiger partial charge in [0, 0.05) is 0 Å². The van der Waals surface area contributed by atoms with E-state index >= 15 is 0 Å². The lowest BCUT2D eigenvalue weighted by atomic mass is 10.2. The number of nitrogen functional groups attached to an aromatic ring is 1. The van der Waals surface area contributed by atoms with Crippen LogP contribution in [0.1, 0.15) is 5.56 Å². The van der Waals surface area contributed by atoms with Gasteiger partial charge in [0.1, 0.15) is 6.54 Å². The zero-order chi connectivity index (χ0) is 15.2. The molecule has 0 radical (unpaired) electrons. The Bertz CT molecular complexity index is 668. The molecule has 10 nitrogen and oxygen atoms in total. The topological polar surface area (TPSA) is 141 Å². The lowest BCUT2D eigenvalue weighted by Crippen LogP contribution is -2.24. The molecule has 0 unspecified atom stereocenters. The average Bonchev–Trinajstić information content (AvgIpc) is 2.86. The summed E-state index contributed by atoms with van der Waals surface area (Å²) >= 11 is 0. The largest absolute Gasteiger partial charge is 0.504 e. The van der Waals surface area contributed by atoms with E-state index < -0.39 is 5.91 Å². The summed E-state index contributed by atoms with van der Waals surface area (Å²) in [6.07, 6.45) is 1.41. The molecule has 0 bridgehead atoms. The van der Waals surface area contributed by atoms with Crippen molar-refractivity contribution in [3.05, 3.63) is 23.8 Å². The van der Waals surface area contributed by atoms with Gasteiger partial charge in [-0.2, -0.15) is 9.90 Å². The normalized spacial score (nSPS) is 10.7. The number of carbonyl (C=O) groups is 1. The fourth-order valence-corrected chi connectivity index (χ4v) is 1.44. The lowest BCUT2D eigenvalue weighted by molar-refractivity contribution is -0.122. The van der Waals surface area contributed by atoms with Crippen LogP contribution in [0.3, 0.4) is 0 Å². The summed E-state index contributed by atoms with van der Waals surface area (Å²) in [7, 11) is 1.44. The van der Waals surface area contributed by atoms with Gasteiger partial charge >= 0.3 is 0 Å². The quantitative estimate of drug-likeness (QED) is 0.480. The fourth-order valence-electron chi connectivity index (χ4n) is 1.44. The number of phenolic OH excluding ortho intramolecular Hbond substituents is 1. The van der Waals surface area contributed by atoms with Gasteiger partial charge in [0.05, 0.1) is 13.3 Å². The highest BCUT2D eigenvalue weighted by Crippen LogP contribution is 2.25. The highest BCUT2D eigenvalue weighted by Gasteiger charge is 2.05. The number of rotatable bonds is 5. The van der Waals surface area contributed by atoms with Gasteiger partial charge in [-0.25, -0.2) is 5.43 Å². The Morgan fingerprint density at radius 2 is 2.43 bits per heavy atom. The molecule has 0 aliphatic carbocycles. The molecule has 1 aromatic heterocycles. The van der Waals surface area contributed by atoms with Crippen LogP contribution >= 0.6 is 0 Å². The Morgan fingerprint density at radius 1 is 1.62 bits per heavy atom. The summed E-state index contributed by atoms with van der Waals surface area (Å²) in [5, 5.41) is 23.9. The SMILES string of the molecule is COc1cc(C=NNC(=O)Cn2nnc(N)n2)ccc1O. The van der Waals surface area contributed by atoms with Crippen LogP contribution in [0.5, 0.6) is 11.5 Å². The van der Waals surface area contributed by atoms with Crippen LogP contribution in [-0.2, 0) is 11.3 Å². The second-order valence-corrected chi connectivity index (χ2v) is 3.90. The molecule has 21 heavy (non-hydrogen) atoms. The Balaban J connectivity index is 1.91. The molecule has 110 valence electrons. The third-order valence-electron chi connectivity index (χ3n) is 2.36. The van der Waals surface area contributed by atoms with Gasteiger partial charge in [-0.05, 0) is 29.0 Å². The minimum atomic E-state index is -0.436. The van der Waals surface area contributed by atoms with Crippen molar-refractivity contribution in [3.8, 4) is 11.5 Å². The van der Waals surface area contributed by atoms with Crippen LogP contribution in [0.25, 0.3) is 0 Å². The maximum absolute atomic E-state index is 11.5. The first kappa shape index (κ1) is 14.2. The van der Waals surface area contributed by atoms with Crippen molar-refractivity contribution in [3.63, 3.8) is 0 Å². The van der Waals surface area contributed by atoms with E-state index in [1.807, 2.05) is 0 Å². The minimum absolute atomic E-state index is 0.0116. The number of anilines is 1. The number of tetrazole rings is 1. The molecule has 2 aromatic rings. The molecule has 0 saturated carbocycles. The van der Waals surface area contributed by atoms with E-state index in [1.54, 1.807) is 12.1 Å². The summed E-state index contributed by atoms with van der Waals surface area (Å²) in [5.74, 6) is -0.113. The Hall–Kier alpha value is -3.17. The van der Waals surface area contributed by atoms with Crippen molar-refractivity contribution in [2.75, 3.05) is 12.8 Å². The number of hydrazone groups is 1. The highest BCUT2D eigenvalue weighted by atomic mass is 16.5. The van der Waals surface area contributed by atoms with E-state index in [1.165, 1.54) is 19.4 Å². The lowest BCUT2D eigenvalue weighted by Gasteiger charge is -2.03. The van der Waals surface area contributed by atoms with Gasteiger partial charge < -0.3 is 15.6 Å². The van der Waals surface area contributed by atoms with Crippen molar-refractivity contribution in [2.24, 2.45) is 5.10 Å². The maximum Gasteiger partial charge on any atom is 0.263 e. The van der Waals surface area contributed by atoms with E-state index in [2.05, 4.69) is 25.9 Å². The predicted molar refractivity (Wildman–Crippen MR) is 72.6 cm³/mol. The molecule has 0 atom stereocenters. The first-order chi connectivity index (χ1) is 10.1. The number of benzene rings is 1. The van der Waals surface area contributed by atoms with Gasteiger partial charge in [-0.1, -0.05) is 5.10 Å². The first-order valence-corrected chi connectivity index (χ1v) is 5.80. The van der Waals surface area contributed by atoms with Crippen molar-refractivity contribution >= 4 is 18.1 Å². The fraction of sp³-hybridized carbons (Fsp3) is 0.182. The Kier molecular flexibility index (Phi) is 4.29. The van der Waals surface area contributed by atoms with E-state index in [4.69, 9.17) is 10.5 Å². The van der Waals surface area contributed by atoms with E-state index in [0.29, 0.717) is 11.3 Å². The van der Waals surface area contributed by atoms with E-state index in [-0.39, 0.29) is 18.2 Å². The standard InChI is InChI=1S/C11H13N7O3/c1-21-9-4-7(2-3-8(9)19)5-13-14-10(20)6-18-16-11(12)15-17-18/h2-5,19H,6H2,1H3,(H2,12,16)(H,14,20). The molecule has 1 amide bonds. The van der Waals surface area contributed by atoms with Gasteiger partial charge in [-0.3, -0.25) is 4.79 Å². The third kappa shape index (κ3) is 3.89. The number of ether oxygens (including phenoxy) is 1. The minimum Gasteiger partial charge on any atom is -0.504 e. The van der Waals surface area contributed by atoms with Crippen LogP contribution in [0.15, 0.2) is 23.3 Å². The number of nitrogens with zero attached hydrogens (tertiary/aromatic N) is 5. The molecule has 10 heteroatoms. The van der Waals surface area contributed by atoms with E-state index in [9.17, 15) is 9.90 Å². The van der Waals surface area contributed by atoms with Crippen LogP contribution in [0.2, 0.25) is 0 Å². The molecular formula is C11H13N7O3. The molecular weight excluding hydrogens is 278 g/mol. The monoisotopic (exact) mass is 291 g/mol. The number of hydrogen-bond acceptors (Lipinski definition) is 8. The third-order valence-corrected chi connectivity index (χ3v) is 2.36. The van der Waals surface area contributed by atoms with Gasteiger partial charge in [0.15, 0.2) is 11.5 Å². The molecule has 1 heterocycles. The summed E-state index contributed by atoms with van der Waals surface area (Å²) in [6.45, 7) is -0.152. The van der Waals surface area contributed by atoms with Crippen LogP contribution < -0.4 is 15.9 Å². The van der Waals surface area contributed by atoms with Crippen LogP contribution in [-0.4, -0.2) is 44.5 Å². The molecule has 0 aliphatic heterocycles. The number of nitrogens with one attached hydrogen (secondary N) is 1. The van der Waals surface area contributed by atoms with Gasteiger partial charge in [0.2, 0.25) is 0 Å². The second-order valence-electron chi connectivity index (χ2n) is 3.90. The van der Waals surface area contributed by atoms with E-state index in [0.717, 1.165) is 4.80 Å². The summed E-state index contributed by atoms with van der Waals surface area (Å²) < 4.78 is 4.96. The highest BCUT2D eigenvalue weighted by molar-refractivity contribution is 5.83. The first-order valence-electron chi connectivity index (χ1n) is 5.80. The number of nitrogens with two attached hydrogens (primary N) is 1. The number of amides is 1. The molecule has 4 N–H and O–H groups in total.